The first kappa shape index (κ1) is 27.7. The van der Waals surface area contributed by atoms with Crippen LogP contribution >= 0.6 is 0 Å². The molecule has 37 heavy (non-hydrogen) atoms. The fourth-order valence-corrected chi connectivity index (χ4v) is 4.16. The van der Waals surface area contributed by atoms with Crippen LogP contribution in [0.1, 0.15) is 70.0 Å². The Labute approximate surface area is 219 Å². The van der Waals surface area contributed by atoms with Gasteiger partial charge in [-0.15, -0.1) is 0 Å². The summed E-state index contributed by atoms with van der Waals surface area (Å²) in [6.45, 7) is 4.08. The van der Waals surface area contributed by atoms with Crippen molar-refractivity contribution >= 4 is 23.3 Å². The van der Waals surface area contributed by atoms with Crippen LogP contribution < -0.4 is 10.1 Å². The van der Waals surface area contributed by atoms with Crippen molar-refractivity contribution in [2.45, 2.75) is 52.4 Å². The lowest BCUT2D eigenvalue weighted by molar-refractivity contribution is -0.116. The standard InChI is InChI=1S/C31H35NO5/c1-22-20-27(37-19-9-5-8-12-24-10-6-4-7-11-24)16-13-25(22)14-18-30(34)32-26-15-17-28(23(2)33)29(21-26)31(35)36-3/h4,6-7,10-11,13,15-17,20-21H,5,8-9,12,14,18-19H2,1-3H3,(H,32,34). The minimum absolute atomic E-state index is 0.135. The van der Waals surface area contributed by atoms with E-state index in [0.717, 1.165) is 42.6 Å². The van der Waals surface area contributed by atoms with Crippen molar-refractivity contribution in [2.24, 2.45) is 0 Å². The first-order chi connectivity index (χ1) is 17.9. The van der Waals surface area contributed by atoms with Gasteiger partial charge in [0.05, 0.1) is 19.3 Å². The molecule has 0 aromatic heterocycles. The lowest BCUT2D eigenvalue weighted by Crippen LogP contribution is -2.15. The number of hydrogen-bond acceptors (Lipinski definition) is 5. The number of benzene rings is 3. The second kappa shape index (κ2) is 14.0. The van der Waals surface area contributed by atoms with E-state index in [0.29, 0.717) is 18.7 Å². The van der Waals surface area contributed by atoms with Crippen LogP contribution in [0, 0.1) is 6.92 Å². The SMILES string of the molecule is COC(=O)c1cc(NC(=O)CCc2ccc(OCCCCCc3ccccc3)cc2C)ccc1C(C)=O. The molecular formula is C31H35NO5. The Bertz CT molecular complexity index is 1220. The molecule has 6 heteroatoms. The van der Waals surface area contributed by atoms with E-state index in [1.165, 1.54) is 31.7 Å². The maximum atomic E-state index is 12.5. The van der Waals surface area contributed by atoms with Crippen LogP contribution in [-0.2, 0) is 22.4 Å². The third kappa shape index (κ3) is 8.60. The monoisotopic (exact) mass is 501 g/mol. The molecule has 0 aliphatic rings. The number of rotatable bonds is 13. The van der Waals surface area contributed by atoms with E-state index in [-0.39, 0.29) is 29.2 Å². The van der Waals surface area contributed by atoms with E-state index < -0.39 is 5.97 Å². The van der Waals surface area contributed by atoms with Crippen molar-refractivity contribution in [2.75, 3.05) is 19.0 Å². The van der Waals surface area contributed by atoms with Crippen LogP contribution in [0.15, 0.2) is 66.7 Å². The predicted octanol–water partition coefficient (Wildman–Crippen LogP) is 6.35. The van der Waals surface area contributed by atoms with Crippen molar-refractivity contribution < 1.29 is 23.9 Å². The quantitative estimate of drug-likeness (QED) is 0.168. The molecule has 1 N–H and O–H groups in total. The molecule has 0 aliphatic carbocycles. The number of unbranched alkanes of at least 4 members (excludes halogenated alkanes) is 2. The first-order valence-electron chi connectivity index (χ1n) is 12.7. The number of carbonyl (C=O) groups excluding carboxylic acids is 3. The number of Topliss-reactive ketones (excluding diaryl/α,β-unsaturated/α-hetero) is 1. The summed E-state index contributed by atoms with van der Waals surface area (Å²) in [4.78, 5) is 36.3. The number of ketones is 1. The third-order valence-corrected chi connectivity index (χ3v) is 6.24. The summed E-state index contributed by atoms with van der Waals surface area (Å²) in [6, 6.07) is 21.1. The van der Waals surface area contributed by atoms with Crippen molar-refractivity contribution in [3.63, 3.8) is 0 Å². The Balaban J connectivity index is 1.43. The van der Waals surface area contributed by atoms with E-state index in [9.17, 15) is 14.4 Å². The highest BCUT2D eigenvalue weighted by Crippen LogP contribution is 2.21. The number of aryl methyl sites for hydroxylation is 3. The van der Waals surface area contributed by atoms with Crippen LogP contribution in [-0.4, -0.2) is 31.4 Å². The van der Waals surface area contributed by atoms with Gasteiger partial charge in [0.25, 0.3) is 0 Å². The molecule has 0 spiro atoms. The zero-order valence-electron chi connectivity index (χ0n) is 21.8. The topological polar surface area (TPSA) is 81.7 Å². The average Bonchev–Trinajstić information content (AvgIpc) is 2.90. The highest BCUT2D eigenvalue weighted by molar-refractivity contribution is 6.06. The number of hydrogen-bond donors (Lipinski definition) is 1. The van der Waals surface area contributed by atoms with E-state index in [4.69, 9.17) is 9.47 Å². The molecule has 1 amide bonds. The van der Waals surface area contributed by atoms with Crippen molar-refractivity contribution in [1.82, 2.24) is 0 Å². The Morgan fingerprint density at radius 1 is 0.838 bits per heavy atom. The smallest absolute Gasteiger partial charge is 0.338 e. The third-order valence-electron chi connectivity index (χ3n) is 6.24. The first-order valence-corrected chi connectivity index (χ1v) is 12.7. The van der Waals surface area contributed by atoms with Gasteiger partial charge in [0, 0.05) is 17.7 Å². The summed E-state index contributed by atoms with van der Waals surface area (Å²) in [6.07, 6.45) is 5.24. The molecule has 0 saturated carbocycles. The molecule has 0 unspecified atom stereocenters. The van der Waals surface area contributed by atoms with Crippen LogP contribution in [0.2, 0.25) is 0 Å². The maximum Gasteiger partial charge on any atom is 0.338 e. The molecule has 3 aromatic carbocycles. The van der Waals surface area contributed by atoms with Crippen LogP contribution in [0.5, 0.6) is 5.75 Å². The molecular weight excluding hydrogens is 466 g/mol. The number of carbonyl (C=O) groups is 3. The van der Waals surface area contributed by atoms with Crippen molar-refractivity contribution in [1.29, 1.82) is 0 Å². The van der Waals surface area contributed by atoms with Gasteiger partial charge < -0.3 is 14.8 Å². The summed E-state index contributed by atoms with van der Waals surface area (Å²) in [5.74, 6) is -0.202. The highest BCUT2D eigenvalue weighted by Gasteiger charge is 2.16. The summed E-state index contributed by atoms with van der Waals surface area (Å²) < 4.78 is 10.7. The largest absolute Gasteiger partial charge is 0.494 e. The van der Waals surface area contributed by atoms with Gasteiger partial charge in [-0.05, 0) is 93.0 Å². The Morgan fingerprint density at radius 2 is 1.62 bits per heavy atom. The summed E-state index contributed by atoms with van der Waals surface area (Å²) in [5.41, 5.74) is 4.37. The van der Waals surface area contributed by atoms with Gasteiger partial charge in [-0.25, -0.2) is 4.79 Å². The fraction of sp³-hybridized carbons (Fsp3) is 0.323. The second-order valence-electron chi connectivity index (χ2n) is 9.09. The molecule has 0 bridgehead atoms. The van der Waals surface area contributed by atoms with Crippen LogP contribution in [0.25, 0.3) is 0 Å². The van der Waals surface area contributed by atoms with Crippen LogP contribution in [0.3, 0.4) is 0 Å². The Morgan fingerprint density at radius 3 is 2.32 bits per heavy atom. The molecule has 0 atom stereocenters. The maximum absolute atomic E-state index is 12.5. The number of anilines is 1. The summed E-state index contributed by atoms with van der Waals surface area (Å²) in [5, 5.41) is 2.80. The van der Waals surface area contributed by atoms with E-state index in [1.54, 1.807) is 6.07 Å². The molecule has 0 fully saturated rings. The molecule has 3 rings (SSSR count). The van der Waals surface area contributed by atoms with Gasteiger partial charge in [-0.3, -0.25) is 9.59 Å². The lowest BCUT2D eigenvalue weighted by Gasteiger charge is -2.12. The number of methoxy groups -OCH3 is 1. The lowest BCUT2D eigenvalue weighted by atomic mass is 10.0. The van der Waals surface area contributed by atoms with Gasteiger partial charge in [0.1, 0.15) is 5.75 Å². The van der Waals surface area contributed by atoms with Gasteiger partial charge in [-0.2, -0.15) is 0 Å². The second-order valence-corrected chi connectivity index (χ2v) is 9.09. The van der Waals surface area contributed by atoms with Gasteiger partial charge in [0.2, 0.25) is 5.91 Å². The van der Waals surface area contributed by atoms with E-state index in [2.05, 4.69) is 29.6 Å². The number of nitrogens with one attached hydrogen (secondary N) is 1. The number of amides is 1. The summed E-state index contributed by atoms with van der Waals surface area (Å²) in [7, 11) is 1.25. The fourth-order valence-electron chi connectivity index (χ4n) is 4.16. The summed E-state index contributed by atoms with van der Waals surface area (Å²) >= 11 is 0. The Hall–Kier alpha value is -3.93. The van der Waals surface area contributed by atoms with Crippen molar-refractivity contribution in [3.8, 4) is 5.75 Å². The minimum Gasteiger partial charge on any atom is -0.494 e. The highest BCUT2D eigenvalue weighted by atomic mass is 16.5. The molecule has 0 saturated heterocycles. The van der Waals surface area contributed by atoms with Crippen molar-refractivity contribution in [3.05, 3.63) is 94.5 Å². The Kier molecular flexibility index (Phi) is 10.4. The molecule has 6 nitrogen and oxygen atoms in total. The zero-order valence-corrected chi connectivity index (χ0v) is 21.8. The molecule has 3 aromatic rings. The van der Waals surface area contributed by atoms with E-state index >= 15 is 0 Å². The van der Waals surface area contributed by atoms with E-state index in [1.807, 2.05) is 31.2 Å². The average molecular weight is 502 g/mol. The zero-order chi connectivity index (χ0) is 26.6. The molecule has 0 radical (unpaired) electrons. The molecule has 0 heterocycles. The van der Waals surface area contributed by atoms with Gasteiger partial charge in [0.15, 0.2) is 5.78 Å². The predicted molar refractivity (Wildman–Crippen MR) is 145 cm³/mol. The normalized spacial score (nSPS) is 10.6. The molecule has 0 aliphatic heterocycles. The van der Waals surface area contributed by atoms with Gasteiger partial charge in [-0.1, -0.05) is 36.4 Å². The number of ether oxygens (including phenoxy) is 2. The van der Waals surface area contributed by atoms with Crippen LogP contribution in [0.4, 0.5) is 5.69 Å². The number of esters is 1. The van der Waals surface area contributed by atoms with Gasteiger partial charge >= 0.3 is 5.97 Å². The molecule has 194 valence electrons. The minimum atomic E-state index is -0.619.